The summed E-state index contributed by atoms with van der Waals surface area (Å²) in [5.74, 6) is 8.17. The Balaban J connectivity index is 2.17. The van der Waals surface area contributed by atoms with E-state index in [4.69, 9.17) is 5.11 Å². The summed E-state index contributed by atoms with van der Waals surface area (Å²) in [6.07, 6.45) is 1.53. The van der Waals surface area contributed by atoms with Crippen LogP contribution in [-0.2, 0) is 0 Å². The molecule has 4 heteroatoms. The van der Waals surface area contributed by atoms with E-state index < -0.39 is 0 Å². The molecular formula is C17H21NO2S. The van der Waals surface area contributed by atoms with Crippen molar-refractivity contribution in [3.05, 3.63) is 34.9 Å². The number of hydrogen-bond acceptors (Lipinski definition) is 3. The third-order valence-electron chi connectivity index (χ3n) is 3.72. The van der Waals surface area contributed by atoms with Crippen molar-refractivity contribution in [2.75, 3.05) is 25.2 Å². The quantitative estimate of drug-likeness (QED) is 0.871. The molecule has 3 nitrogen and oxygen atoms in total. The molecule has 1 heterocycles. The van der Waals surface area contributed by atoms with Gasteiger partial charge in [-0.25, -0.2) is 0 Å². The van der Waals surface area contributed by atoms with Gasteiger partial charge in [0.05, 0.1) is 6.61 Å². The molecule has 1 aliphatic heterocycles. The van der Waals surface area contributed by atoms with Gasteiger partial charge in [0.1, 0.15) is 0 Å². The van der Waals surface area contributed by atoms with E-state index in [1.54, 1.807) is 0 Å². The van der Waals surface area contributed by atoms with Crippen molar-refractivity contribution in [1.82, 2.24) is 4.90 Å². The first kappa shape index (κ1) is 15.9. The number of thioether (sulfide) groups is 1. The summed E-state index contributed by atoms with van der Waals surface area (Å²) in [6, 6.07) is 6.01. The molecule has 0 bridgehead atoms. The number of rotatable bonds is 3. The summed E-state index contributed by atoms with van der Waals surface area (Å²) in [7, 11) is 1.88. The number of amides is 1. The highest BCUT2D eigenvalue weighted by Gasteiger charge is 2.24. The van der Waals surface area contributed by atoms with Crippen LogP contribution >= 0.6 is 11.8 Å². The number of benzene rings is 1. The Hall–Kier alpha value is -1.44. The molecule has 0 spiro atoms. The summed E-state index contributed by atoms with van der Waals surface area (Å²) >= 11 is 1.90. The number of carbonyl (C=O) groups is 1. The highest BCUT2D eigenvalue weighted by molar-refractivity contribution is 7.99. The molecule has 0 aliphatic carbocycles. The monoisotopic (exact) mass is 303 g/mol. The van der Waals surface area contributed by atoms with Crippen molar-refractivity contribution in [3.8, 4) is 11.8 Å². The zero-order valence-electron chi connectivity index (χ0n) is 12.6. The van der Waals surface area contributed by atoms with Crippen LogP contribution in [0.4, 0.5) is 0 Å². The maximum Gasteiger partial charge on any atom is 0.253 e. The number of aryl methyl sites for hydroxylation is 1. The minimum atomic E-state index is 0.0623. The first-order valence-electron chi connectivity index (χ1n) is 7.18. The Morgan fingerprint density at radius 1 is 1.52 bits per heavy atom. The minimum absolute atomic E-state index is 0.0623. The van der Waals surface area contributed by atoms with E-state index in [-0.39, 0.29) is 12.5 Å². The Kier molecular flexibility index (Phi) is 5.72. The van der Waals surface area contributed by atoms with Crippen LogP contribution in [0.2, 0.25) is 0 Å². The zero-order valence-corrected chi connectivity index (χ0v) is 13.4. The lowest BCUT2D eigenvalue weighted by atomic mass is 10.0. The standard InChI is InChI=1S/C17H21NO2S/c1-13-6-7-15(11-14(13)5-3-4-9-19)17(20)18(2)16-8-10-21-12-16/h6-7,11,16,19H,4,8-10,12H2,1-2H3. The Labute approximate surface area is 130 Å². The van der Waals surface area contributed by atoms with Crippen molar-refractivity contribution in [2.45, 2.75) is 25.8 Å². The van der Waals surface area contributed by atoms with Gasteiger partial charge in [-0.15, -0.1) is 0 Å². The fourth-order valence-electron chi connectivity index (χ4n) is 2.30. The molecule has 1 aromatic carbocycles. The maximum atomic E-state index is 12.6. The van der Waals surface area contributed by atoms with E-state index in [9.17, 15) is 4.79 Å². The molecular weight excluding hydrogens is 282 g/mol. The van der Waals surface area contributed by atoms with Gasteiger partial charge in [0.25, 0.3) is 5.91 Å². The van der Waals surface area contributed by atoms with Crippen LogP contribution in [0.1, 0.15) is 34.3 Å². The third-order valence-corrected chi connectivity index (χ3v) is 4.86. The lowest BCUT2D eigenvalue weighted by Crippen LogP contribution is -2.37. The number of carbonyl (C=O) groups excluding carboxylic acids is 1. The molecule has 2 rings (SSSR count). The van der Waals surface area contributed by atoms with Gasteiger partial charge in [-0.3, -0.25) is 4.79 Å². The molecule has 1 fully saturated rings. The van der Waals surface area contributed by atoms with E-state index >= 15 is 0 Å². The van der Waals surface area contributed by atoms with Gasteiger partial charge in [0.15, 0.2) is 0 Å². The van der Waals surface area contributed by atoms with Crippen molar-refractivity contribution < 1.29 is 9.90 Å². The summed E-state index contributed by atoms with van der Waals surface area (Å²) in [5.41, 5.74) is 2.60. The van der Waals surface area contributed by atoms with Gasteiger partial charge < -0.3 is 10.0 Å². The average Bonchev–Trinajstić information content (AvgIpc) is 3.02. The fraction of sp³-hybridized carbons (Fsp3) is 0.471. The molecule has 1 amide bonds. The molecule has 1 aromatic rings. The lowest BCUT2D eigenvalue weighted by Gasteiger charge is -2.24. The van der Waals surface area contributed by atoms with E-state index in [1.165, 1.54) is 0 Å². The van der Waals surface area contributed by atoms with E-state index in [2.05, 4.69) is 11.8 Å². The van der Waals surface area contributed by atoms with Gasteiger partial charge in [-0.1, -0.05) is 17.9 Å². The first-order chi connectivity index (χ1) is 10.1. The van der Waals surface area contributed by atoms with Gasteiger partial charge in [-0.05, 0) is 36.8 Å². The summed E-state index contributed by atoms with van der Waals surface area (Å²) in [6.45, 7) is 2.04. The normalized spacial score (nSPS) is 17.2. The highest BCUT2D eigenvalue weighted by Crippen LogP contribution is 2.23. The van der Waals surface area contributed by atoms with Crippen molar-refractivity contribution in [2.24, 2.45) is 0 Å². The fourth-order valence-corrected chi connectivity index (χ4v) is 3.57. The number of aliphatic hydroxyl groups excluding tert-OH is 1. The first-order valence-corrected chi connectivity index (χ1v) is 8.34. The second-order valence-corrected chi connectivity index (χ2v) is 6.39. The van der Waals surface area contributed by atoms with E-state index in [0.717, 1.165) is 29.1 Å². The predicted octanol–water partition coefficient (Wildman–Crippen LogP) is 2.31. The molecule has 1 aliphatic rings. The summed E-state index contributed by atoms with van der Waals surface area (Å²) in [4.78, 5) is 14.4. The van der Waals surface area contributed by atoms with Crippen molar-refractivity contribution >= 4 is 17.7 Å². The third kappa shape index (κ3) is 4.03. The van der Waals surface area contributed by atoms with Crippen LogP contribution in [0.25, 0.3) is 0 Å². The lowest BCUT2D eigenvalue weighted by molar-refractivity contribution is 0.0748. The smallest absolute Gasteiger partial charge is 0.253 e. The van der Waals surface area contributed by atoms with Crippen LogP contribution in [-0.4, -0.2) is 47.1 Å². The van der Waals surface area contributed by atoms with Crippen molar-refractivity contribution in [3.63, 3.8) is 0 Å². The minimum Gasteiger partial charge on any atom is -0.395 e. The molecule has 1 N–H and O–H groups in total. The van der Waals surface area contributed by atoms with Crippen LogP contribution in [0.15, 0.2) is 18.2 Å². The molecule has 0 aromatic heterocycles. The number of aliphatic hydroxyl groups is 1. The van der Waals surface area contributed by atoms with E-state index in [0.29, 0.717) is 18.0 Å². The van der Waals surface area contributed by atoms with Crippen LogP contribution in [0.3, 0.4) is 0 Å². The number of hydrogen-bond donors (Lipinski definition) is 1. The van der Waals surface area contributed by atoms with Gasteiger partial charge >= 0.3 is 0 Å². The molecule has 0 saturated carbocycles. The predicted molar refractivity (Wildman–Crippen MR) is 87.6 cm³/mol. The number of nitrogens with zero attached hydrogens (tertiary/aromatic N) is 1. The highest BCUT2D eigenvalue weighted by atomic mass is 32.2. The Bertz CT molecular complexity index is 568. The molecule has 1 atom stereocenters. The van der Waals surface area contributed by atoms with E-state index in [1.807, 2.05) is 48.8 Å². The molecule has 112 valence electrons. The Morgan fingerprint density at radius 2 is 2.33 bits per heavy atom. The zero-order chi connectivity index (χ0) is 15.2. The van der Waals surface area contributed by atoms with Crippen LogP contribution in [0.5, 0.6) is 0 Å². The second-order valence-electron chi connectivity index (χ2n) is 5.24. The van der Waals surface area contributed by atoms with Gasteiger partial charge in [-0.2, -0.15) is 11.8 Å². The molecule has 21 heavy (non-hydrogen) atoms. The SMILES string of the molecule is Cc1ccc(C(=O)N(C)C2CCSC2)cc1C#CCCO. The molecule has 1 saturated heterocycles. The molecule has 1 unspecified atom stereocenters. The van der Waals surface area contributed by atoms with Crippen LogP contribution in [0, 0.1) is 18.8 Å². The van der Waals surface area contributed by atoms with Crippen molar-refractivity contribution in [1.29, 1.82) is 0 Å². The summed E-state index contributed by atoms with van der Waals surface area (Å²) in [5, 5.41) is 8.79. The average molecular weight is 303 g/mol. The van der Waals surface area contributed by atoms with Gasteiger partial charge in [0.2, 0.25) is 0 Å². The van der Waals surface area contributed by atoms with Crippen LogP contribution < -0.4 is 0 Å². The maximum absolute atomic E-state index is 12.6. The molecule has 0 radical (unpaired) electrons. The second kappa shape index (κ2) is 7.53. The largest absolute Gasteiger partial charge is 0.395 e. The summed E-state index contributed by atoms with van der Waals surface area (Å²) < 4.78 is 0. The topological polar surface area (TPSA) is 40.5 Å². The Morgan fingerprint density at radius 3 is 3.00 bits per heavy atom. The van der Waals surface area contributed by atoms with Gasteiger partial charge in [0, 0.05) is 36.4 Å².